The summed E-state index contributed by atoms with van der Waals surface area (Å²) in [6.07, 6.45) is -2.89. The number of hydrogen-bond acceptors (Lipinski definition) is 6. The number of nitrogens with one attached hydrogen (secondary N) is 3. The minimum atomic E-state index is -4.53. The molecule has 28 heavy (non-hydrogen) atoms. The Labute approximate surface area is 158 Å². The first-order valence-electron chi connectivity index (χ1n) is 8.60. The van der Waals surface area contributed by atoms with Gasteiger partial charge in [-0.05, 0) is 12.1 Å². The van der Waals surface area contributed by atoms with Gasteiger partial charge in [-0.2, -0.15) is 23.1 Å². The highest BCUT2D eigenvalue weighted by Crippen LogP contribution is 2.39. The normalized spacial score (nSPS) is 13.4. The molecule has 0 fully saturated rings. The molecule has 10 heteroatoms. The van der Waals surface area contributed by atoms with Gasteiger partial charge in [0, 0.05) is 31.8 Å². The first-order valence-corrected chi connectivity index (χ1v) is 8.60. The van der Waals surface area contributed by atoms with Gasteiger partial charge in [0.25, 0.3) is 0 Å². The topological polar surface area (TPSA) is 84.1 Å². The van der Waals surface area contributed by atoms with Crippen molar-refractivity contribution in [1.29, 1.82) is 0 Å². The molecule has 0 atom stereocenters. The summed E-state index contributed by atoms with van der Waals surface area (Å²) in [6, 6.07) is 6.62. The minimum Gasteiger partial charge on any atom is -0.491 e. The van der Waals surface area contributed by atoms with Crippen molar-refractivity contribution in [2.75, 3.05) is 37.5 Å². The van der Waals surface area contributed by atoms with Gasteiger partial charge in [0.15, 0.2) is 0 Å². The molecule has 2 aromatic heterocycles. The average Bonchev–Trinajstić information content (AvgIpc) is 3.28. The highest BCUT2D eigenvalue weighted by Gasteiger charge is 2.35. The molecule has 147 valence electrons. The second-order valence-corrected chi connectivity index (χ2v) is 6.16. The highest BCUT2D eigenvalue weighted by atomic mass is 19.4. The van der Waals surface area contributed by atoms with Crippen LogP contribution in [0, 0.1) is 6.07 Å². The van der Waals surface area contributed by atoms with Crippen LogP contribution in [0.1, 0.15) is 11.1 Å². The molecule has 3 heterocycles. The number of halogens is 3. The molecule has 0 spiro atoms. The number of nitrogens with zero attached hydrogens (tertiary/aromatic N) is 2. The molecule has 1 aromatic carbocycles. The predicted octanol–water partition coefficient (Wildman–Crippen LogP) is 3.51. The SMILES string of the molecule is COCCNc1nc(Nc2cc[c]c3c2OCC3)nc2[nH]cc(C(F)(F)F)c12. The van der Waals surface area contributed by atoms with E-state index in [0.29, 0.717) is 31.2 Å². The van der Waals surface area contributed by atoms with Crippen LogP contribution >= 0.6 is 0 Å². The maximum absolute atomic E-state index is 13.4. The lowest BCUT2D eigenvalue weighted by Crippen LogP contribution is -2.12. The van der Waals surface area contributed by atoms with Crippen LogP contribution in [0.4, 0.5) is 30.6 Å². The molecular formula is C18H17F3N5O2. The van der Waals surface area contributed by atoms with Gasteiger partial charge >= 0.3 is 6.18 Å². The molecule has 0 amide bonds. The van der Waals surface area contributed by atoms with E-state index < -0.39 is 11.7 Å². The number of methoxy groups -OCH3 is 1. The Kier molecular flexibility index (Phi) is 4.71. The molecule has 0 bridgehead atoms. The number of fused-ring (bicyclic) bond motifs is 2. The number of aromatic amines is 1. The van der Waals surface area contributed by atoms with Crippen molar-refractivity contribution >= 4 is 28.5 Å². The van der Waals surface area contributed by atoms with Crippen molar-refractivity contribution in [1.82, 2.24) is 15.0 Å². The molecular weight excluding hydrogens is 375 g/mol. The van der Waals surface area contributed by atoms with Crippen molar-refractivity contribution in [2.45, 2.75) is 12.6 Å². The lowest BCUT2D eigenvalue weighted by atomic mass is 10.1. The standard InChI is InChI=1S/C18H17F3N5O2/c1-27-8-6-22-15-13-11(18(19,20)21)9-23-16(13)26-17(25-15)24-12-4-2-3-10-5-7-28-14(10)12/h2,4,9H,5-8H2,1H3,(H3,22,23,24,25,26). The Bertz CT molecular complexity index is 1000. The lowest BCUT2D eigenvalue weighted by Gasteiger charge is -2.13. The van der Waals surface area contributed by atoms with Crippen molar-refractivity contribution in [3.63, 3.8) is 0 Å². The van der Waals surface area contributed by atoms with Crippen LogP contribution in [-0.2, 0) is 17.3 Å². The highest BCUT2D eigenvalue weighted by molar-refractivity contribution is 5.92. The fourth-order valence-electron chi connectivity index (χ4n) is 3.07. The number of anilines is 3. The van der Waals surface area contributed by atoms with Crippen LogP contribution in [-0.4, -0.2) is 41.8 Å². The Morgan fingerprint density at radius 1 is 1.36 bits per heavy atom. The van der Waals surface area contributed by atoms with E-state index in [9.17, 15) is 13.2 Å². The number of alkyl halides is 3. The van der Waals surface area contributed by atoms with Crippen molar-refractivity contribution in [3.8, 4) is 5.75 Å². The summed E-state index contributed by atoms with van der Waals surface area (Å²) in [4.78, 5) is 11.1. The Hall–Kier alpha value is -3.01. The van der Waals surface area contributed by atoms with Crippen LogP contribution in [0.15, 0.2) is 18.3 Å². The number of rotatable bonds is 6. The van der Waals surface area contributed by atoms with E-state index in [-0.39, 0.29) is 22.8 Å². The molecule has 0 saturated heterocycles. The van der Waals surface area contributed by atoms with E-state index in [1.807, 2.05) is 0 Å². The zero-order chi connectivity index (χ0) is 19.7. The summed E-state index contributed by atoms with van der Waals surface area (Å²) in [5.41, 5.74) is 0.817. The Balaban J connectivity index is 1.75. The summed E-state index contributed by atoms with van der Waals surface area (Å²) in [6.45, 7) is 1.17. The van der Waals surface area contributed by atoms with Crippen LogP contribution in [0.3, 0.4) is 0 Å². The fraction of sp³-hybridized carbons (Fsp3) is 0.333. The van der Waals surface area contributed by atoms with Gasteiger partial charge in [0.1, 0.15) is 17.2 Å². The van der Waals surface area contributed by atoms with Crippen LogP contribution in [0.5, 0.6) is 5.75 Å². The van der Waals surface area contributed by atoms with Gasteiger partial charge in [-0.25, -0.2) is 0 Å². The summed E-state index contributed by atoms with van der Waals surface area (Å²) in [5.74, 6) is 0.868. The fourth-order valence-corrected chi connectivity index (χ4v) is 3.07. The largest absolute Gasteiger partial charge is 0.491 e. The number of aromatic nitrogens is 3. The number of hydrogen-bond donors (Lipinski definition) is 3. The molecule has 3 N–H and O–H groups in total. The second-order valence-electron chi connectivity index (χ2n) is 6.16. The summed E-state index contributed by atoms with van der Waals surface area (Å²) >= 11 is 0. The van der Waals surface area contributed by atoms with Gasteiger partial charge in [0.2, 0.25) is 5.95 Å². The van der Waals surface area contributed by atoms with Crippen molar-refractivity contribution < 1.29 is 22.6 Å². The van der Waals surface area contributed by atoms with Crippen molar-refractivity contribution in [3.05, 3.63) is 35.5 Å². The third-order valence-electron chi connectivity index (χ3n) is 4.31. The first kappa shape index (κ1) is 18.4. The lowest BCUT2D eigenvalue weighted by molar-refractivity contribution is -0.136. The molecule has 1 aliphatic rings. The maximum atomic E-state index is 13.4. The van der Waals surface area contributed by atoms with Crippen LogP contribution in [0.25, 0.3) is 11.0 Å². The summed E-state index contributed by atoms with van der Waals surface area (Å²) in [7, 11) is 1.51. The van der Waals surface area contributed by atoms with Crippen molar-refractivity contribution in [2.24, 2.45) is 0 Å². The average molecular weight is 392 g/mol. The van der Waals surface area contributed by atoms with E-state index in [2.05, 4.69) is 31.7 Å². The zero-order valence-electron chi connectivity index (χ0n) is 14.9. The van der Waals surface area contributed by atoms with Gasteiger partial charge in [0.05, 0.1) is 29.9 Å². The third-order valence-corrected chi connectivity index (χ3v) is 4.31. The quantitative estimate of drug-likeness (QED) is 0.557. The van der Waals surface area contributed by atoms with E-state index in [1.54, 1.807) is 12.1 Å². The van der Waals surface area contributed by atoms with Crippen LogP contribution < -0.4 is 15.4 Å². The predicted molar refractivity (Wildman–Crippen MR) is 97.0 cm³/mol. The number of ether oxygens (including phenoxy) is 2. The second kappa shape index (κ2) is 7.19. The summed E-state index contributed by atoms with van der Waals surface area (Å²) < 4.78 is 50.6. The number of benzene rings is 1. The molecule has 1 aliphatic heterocycles. The van der Waals surface area contributed by atoms with Gasteiger partial charge in [-0.15, -0.1) is 0 Å². The van der Waals surface area contributed by atoms with Gasteiger partial charge in [-0.1, -0.05) is 6.07 Å². The molecule has 3 aromatic rings. The van der Waals surface area contributed by atoms with Gasteiger partial charge < -0.3 is 25.1 Å². The van der Waals surface area contributed by atoms with Gasteiger partial charge in [-0.3, -0.25) is 0 Å². The van der Waals surface area contributed by atoms with E-state index in [0.717, 1.165) is 18.2 Å². The molecule has 0 saturated carbocycles. The minimum absolute atomic E-state index is 0.0678. The monoisotopic (exact) mass is 392 g/mol. The summed E-state index contributed by atoms with van der Waals surface area (Å²) in [5, 5.41) is 5.81. The molecule has 4 rings (SSSR count). The van der Waals surface area contributed by atoms with E-state index in [1.165, 1.54) is 7.11 Å². The first-order chi connectivity index (χ1) is 13.5. The molecule has 0 unspecified atom stereocenters. The maximum Gasteiger partial charge on any atom is 0.418 e. The van der Waals surface area contributed by atoms with E-state index in [4.69, 9.17) is 9.47 Å². The Morgan fingerprint density at radius 3 is 3.00 bits per heavy atom. The molecule has 0 aliphatic carbocycles. The van der Waals surface area contributed by atoms with E-state index >= 15 is 0 Å². The molecule has 7 nitrogen and oxygen atoms in total. The number of H-pyrrole nitrogens is 1. The molecule has 1 radical (unpaired) electrons. The van der Waals surface area contributed by atoms with Crippen LogP contribution in [0.2, 0.25) is 0 Å². The third kappa shape index (κ3) is 3.42. The smallest absolute Gasteiger partial charge is 0.418 e. The Morgan fingerprint density at radius 2 is 2.21 bits per heavy atom. The zero-order valence-corrected chi connectivity index (χ0v) is 14.9.